The van der Waals surface area contributed by atoms with Gasteiger partial charge in [-0.25, -0.2) is 0 Å². The van der Waals surface area contributed by atoms with E-state index in [1.165, 1.54) is 19.3 Å². The zero-order valence-electron chi connectivity index (χ0n) is 7.34. The topological polar surface area (TPSA) is 38.3 Å². The minimum Gasteiger partial charge on any atom is -0.375 e. The molecule has 1 unspecified atom stereocenters. The summed E-state index contributed by atoms with van der Waals surface area (Å²) in [5, 5.41) is 2.94. The first-order chi connectivity index (χ1) is 5.83. The molecule has 0 aromatic carbocycles. The molecule has 0 aromatic heterocycles. The predicted octanol–water partition coefficient (Wildman–Crippen LogP) is 0.645. The highest BCUT2D eigenvalue weighted by atomic mass is 32.2. The highest BCUT2D eigenvalue weighted by Gasteiger charge is 2.15. The summed E-state index contributed by atoms with van der Waals surface area (Å²) in [6.07, 6.45) is 2.32. The molecule has 1 atom stereocenters. The van der Waals surface area contributed by atoms with Crippen LogP contribution >= 0.6 is 11.8 Å². The molecule has 0 radical (unpaired) electrons. The lowest BCUT2D eigenvalue weighted by Gasteiger charge is -2.22. The molecule has 12 heavy (non-hydrogen) atoms. The van der Waals surface area contributed by atoms with Crippen LogP contribution in [0.4, 0.5) is 0 Å². The lowest BCUT2D eigenvalue weighted by molar-refractivity contribution is -0.125. The smallest absolute Gasteiger partial charge is 0.246 e. The molecule has 4 heteroatoms. The van der Waals surface area contributed by atoms with Crippen LogP contribution in [0, 0.1) is 0 Å². The summed E-state index contributed by atoms with van der Waals surface area (Å²) in [6, 6.07) is 0.367. The fourth-order valence-corrected chi connectivity index (χ4v) is 2.33. The molecule has 1 aliphatic heterocycles. The molecule has 1 fully saturated rings. The van der Waals surface area contributed by atoms with Crippen molar-refractivity contribution < 1.29 is 9.53 Å². The van der Waals surface area contributed by atoms with Gasteiger partial charge in [0, 0.05) is 18.9 Å². The lowest BCUT2D eigenvalue weighted by atomic mass is 10.2. The fraction of sp³-hybridized carbons (Fsp3) is 0.875. The second-order valence-electron chi connectivity index (χ2n) is 2.91. The summed E-state index contributed by atoms with van der Waals surface area (Å²) in [6.45, 7) is 0.182. The van der Waals surface area contributed by atoms with Crippen molar-refractivity contribution in [3.63, 3.8) is 0 Å². The third kappa shape index (κ3) is 3.45. The van der Waals surface area contributed by atoms with Gasteiger partial charge in [-0.2, -0.15) is 11.8 Å². The standard InChI is InChI=1S/C8H15NO2S/c1-11-5-8(10)9-7-3-2-4-12-6-7/h7H,2-6H2,1H3,(H,9,10). The summed E-state index contributed by atoms with van der Waals surface area (Å²) in [5.41, 5.74) is 0. The highest BCUT2D eigenvalue weighted by Crippen LogP contribution is 2.16. The van der Waals surface area contributed by atoms with Gasteiger partial charge >= 0.3 is 0 Å². The molecule has 1 amide bonds. The van der Waals surface area contributed by atoms with Gasteiger partial charge in [0.25, 0.3) is 0 Å². The van der Waals surface area contributed by atoms with E-state index in [1.807, 2.05) is 11.8 Å². The molecule has 1 heterocycles. The number of amides is 1. The maximum Gasteiger partial charge on any atom is 0.246 e. The Morgan fingerprint density at radius 2 is 2.58 bits per heavy atom. The average molecular weight is 189 g/mol. The second-order valence-corrected chi connectivity index (χ2v) is 4.06. The van der Waals surface area contributed by atoms with Gasteiger partial charge in [0.1, 0.15) is 6.61 Å². The molecule has 0 aromatic rings. The predicted molar refractivity (Wildman–Crippen MR) is 50.4 cm³/mol. The monoisotopic (exact) mass is 189 g/mol. The van der Waals surface area contributed by atoms with Crippen LogP contribution in [0.2, 0.25) is 0 Å². The van der Waals surface area contributed by atoms with Gasteiger partial charge in [-0.15, -0.1) is 0 Å². The number of hydrogen-bond acceptors (Lipinski definition) is 3. The Balaban J connectivity index is 2.15. The summed E-state index contributed by atoms with van der Waals surface area (Å²) in [7, 11) is 1.54. The third-order valence-electron chi connectivity index (χ3n) is 1.80. The number of carbonyl (C=O) groups is 1. The number of nitrogens with one attached hydrogen (secondary N) is 1. The average Bonchev–Trinajstić information content (AvgIpc) is 2.06. The number of thioether (sulfide) groups is 1. The molecular formula is C8H15NO2S. The molecule has 1 N–H and O–H groups in total. The van der Waals surface area contributed by atoms with E-state index in [-0.39, 0.29) is 12.5 Å². The van der Waals surface area contributed by atoms with Crippen molar-refractivity contribution >= 4 is 17.7 Å². The van der Waals surface area contributed by atoms with Gasteiger partial charge in [0.2, 0.25) is 5.91 Å². The number of hydrogen-bond donors (Lipinski definition) is 1. The van der Waals surface area contributed by atoms with Gasteiger partial charge in [-0.1, -0.05) is 0 Å². The molecule has 0 aliphatic carbocycles. The minimum atomic E-state index is 0.00463. The number of carbonyl (C=O) groups excluding carboxylic acids is 1. The fourth-order valence-electron chi connectivity index (χ4n) is 1.25. The normalized spacial score (nSPS) is 23.6. The Hall–Kier alpha value is -0.220. The van der Waals surface area contributed by atoms with E-state index in [1.54, 1.807) is 0 Å². The number of methoxy groups -OCH3 is 1. The number of ether oxygens (including phenoxy) is 1. The highest BCUT2D eigenvalue weighted by molar-refractivity contribution is 7.99. The van der Waals surface area contributed by atoms with E-state index in [4.69, 9.17) is 4.74 Å². The van der Waals surface area contributed by atoms with Gasteiger partial charge in [-0.3, -0.25) is 4.79 Å². The van der Waals surface area contributed by atoms with Crippen molar-refractivity contribution in [1.82, 2.24) is 5.32 Å². The van der Waals surface area contributed by atoms with E-state index in [0.717, 1.165) is 12.2 Å². The Labute approximate surface area is 77.2 Å². The van der Waals surface area contributed by atoms with Crippen LogP contribution in [0.3, 0.4) is 0 Å². The Morgan fingerprint density at radius 1 is 1.75 bits per heavy atom. The summed E-state index contributed by atoms with van der Waals surface area (Å²) in [5.74, 6) is 2.29. The number of rotatable bonds is 3. The second kappa shape index (κ2) is 5.43. The maximum absolute atomic E-state index is 11.1. The molecule has 1 rings (SSSR count). The quantitative estimate of drug-likeness (QED) is 0.708. The first kappa shape index (κ1) is 9.86. The van der Waals surface area contributed by atoms with Crippen LogP contribution in [0.5, 0.6) is 0 Å². The van der Waals surface area contributed by atoms with Crippen molar-refractivity contribution in [2.24, 2.45) is 0 Å². The molecule has 70 valence electrons. The minimum absolute atomic E-state index is 0.00463. The van der Waals surface area contributed by atoms with E-state index in [2.05, 4.69) is 5.32 Å². The molecule has 0 spiro atoms. The van der Waals surface area contributed by atoms with Gasteiger partial charge in [0.15, 0.2) is 0 Å². The zero-order valence-corrected chi connectivity index (χ0v) is 8.15. The largest absolute Gasteiger partial charge is 0.375 e. The Kier molecular flexibility index (Phi) is 4.46. The SMILES string of the molecule is COCC(=O)NC1CCCSC1. The van der Waals surface area contributed by atoms with Crippen LogP contribution in [0.15, 0.2) is 0 Å². The lowest BCUT2D eigenvalue weighted by Crippen LogP contribution is -2.40. The summed E-state index contributed by atoms with van der Waals surface area (Å²) in [4.78, 5) is 11.1. The van der Waals surface area contributed by atoms with Crippen LogP contribution in [-0.2, 0) is 9.53 Å². The van der Waals surface area contributed by atoms with Crippen molar-refractivity contribution in [1.29, 1.82) is 0 Å². The molecule has 0 saturated carbocycles. The van der Waals surface area contributed by atoms with Crippen molar-refractivity contribution in [3.8, 4) is 0 Å². The zero-order chi connectivity index (χ0) is 8.81. The molecule has 3 nitrogen and oxygen atoms in total. The Bertz CT molecular complexity index is 146. The molecular weight excluding hydrogens is 174 g/mol. The maximum atomic E-state index is 11.1. The molecule has 1 aliphatic rings. The van der Waals surface area contributed by atoms with Crippen molar-refractivity contribution in [3.05, 3.63) is 0 Å². The van der Waals surface area contributed by atoms with Crippen LogP contribution in [0.25, 0.3) is 0 Å². The first-order valence-corrected chi connectivity index (χ1v) is 5.34. The van der Waals surface area contributed by atoms with Crippen LogP contribution in [0.1, 0.15) is 12.8 Å². The van der Waals surface area contributed by atoms with E-state index in [9.17, 15) is 4.79 Å². The third-order valence-corrected chi connectivity index (χ3v) is 3.02. The van der Waals surface area contributed by atoms with E-state index >= 15 is 0 Å². The van der Waals surface area contributed by atoms with Crippen LogP contribution in [-0.4, -0.2) is 37.2 Å². The van der Waals surface area contributed by atoms with Crippen LogP contribution < -0.4 is 5.32 Å². The van der Waals surface area contributed by atoms with E-state index < -0.39 is 0 Å². The van der Waals surface area contributed by atoms with Gasteiger partial charge in [-0.05, 0) is 18.6 Å². The van der Waals surface area contributed by atoms with Gasteiger partial charge in [0.05, 0.1) is 0 Å². The van der Waals surface area contributed by atoms with Gasteiger partial charge < -0.3 is 10.1 Å². The first-order valence-electron chi connectivity index (χ1n) is 4.19. The summed E-state index contributed by atoms with van der Waals surface area (Å²) >= 11 is 1.91. The van der Waals surface area contributed by atoms with Crippen molar-refractivity contribution in [2.75, 3.05) is 25.2 Å². The molecule has 0 bridgehead atoms. The van der Waals surface area contributed by atoms with E-state index in [0.29, 0.717) is 6.04 Å². The molecule has 1 saturated heterocycles. The summed E-state index contributed by atoms with van der Waals surface area (Å²) < 4.78 is 4.73. The Morgan fingerprint density at radius 3 is 3.17 bits per heavy atom. The van der Waals surface area contributed by atoms with Crippen molar-refractivity contribution in [2.45, 2.75) is 18.9 Å².